The Morgan fingerprint density at radius 1 is 1.25 bits per heavy atom. The molecule has 1 aromatic carbocycles. The lowest BCUT2D eigenvalue weighted by atomic mass is 9.97. The van der Waals surface area contributed by atoms with Gasteiger partial charge in [-0.15, -0.1) is 11.3 Å². The number of halogens is 1. The van der Waals surface area contributed by atoms with Crippen LogP contribution in [0.3, 0.4) is 0 Å². The van der Waals surface area contributed by atoms with Crippen LogP contribution in [0.15, 0.2) is 34.2 Å². The van der Waals surface area contributed by atoms with E-state index in [4.69, 9.17) is 16.6 Å². The first-order chi connectivity index (χ1) is 11.6. The molecule has 2 aromatic heterocycles. The first kappa shape index (κ1) is 16.2. The number of fused-ring (bicyclic) bond motifs is 3. The third kappa shape index (κ3) is 2.89. The molecular weight excluding hydrogens is 360 g/mol. The molecule has 0 atom stereocenters. The number of thiophene rings is 1. The Kier molecular flexibility index (Phi) is 4.41. The number of benzene rings is 1. The number of hydrogen-bond acceptors (Lipinski definition) is 4. The highest BCUT2D eigenvalue weighted by atomic mass is 35.5. The molecule has 4 rings (SSSR count). The number of aromatic nitrogens is 2. The van der Waals surface area contributed by atoms with Gasteiger partial charge in [0.15, 0.2) is 5.16 Å². The van der Waals surface area contributed by atoms with Gasteiger partial charge in [-0.3, -0.25) is 9.36 Å². The van der Waals surface area contributed by atoms with Gasteiger partial charge in [0.2, 0.25) is 0 Å². The second-order valence-electron chi connectivity index (χ2n) is 6.06. The smallest absolute Gasteiger partial charge is 0.262 e. The van der Waals surface area contributed by atoms with Gasteiger partial charge in [0.25, 0.3) is 5.56 Å². The highest BCUT2D eigenvalue weighted by Crippen LogP contribution is 2.34. The van der Waals surface area contributed by atoms with Crippen molar-refractivity contribution in [1.29, 1.82) is 0 Å². The molecule has 0 unspecified atom stereocenters. The molecule has 1 aliphatic carbocycles. The summed E-state index contributed by atoms with van der Waals surface area (Å²) in [4.78, 5) is 19.9. The number of thioether (sulfide) groups is 1. The van der Waals surface area contributed by atoms with Gasteiger partial charge >= 0.3 is 0 Å². The van der Waals surface area contributed by atoms with Crippen molar-refractivity contribution in [1.82, 2.24) is 9.55 Å². The third-order valence-electron chi connectivity index (χ3n) is 4.44. The van der Waals surface area contributed by atoms with E-state index in [2.05, 4.69) is 0 Å². The maximum Gasteiger partial charge on any atom is 0.262 e. The zero-order chi connectivity index (χ0) is 16.7. The quantitative estimate of drug-likeness (QED) is 0.485. The molecule has 0 saturated heterocycles. The van der Waals surface area contributed by atoms with Crippen LogP contribution < -0.4 is 5.56 Å². The molecule has 0 N–H and O–H groups in total. The molecular formula is C18H17ClN2OS2. The summed E-state index contributed by atoms with van der Waals surface area (Å²) in [6, 6.07) is 7.80. The van der Waals surface area contributed by atoms with Crippen LogP contribution in [0, 0.1) is 0 Å². The molecule has 124 valence electrons. The van der Waals surface area contributed by atoms with Crippen molar-refractivity contribution >= 4 is 44.9 Å². The Balaban J connectivity index is 1.70. The number of aryl methyl sites for hydroxylation is 2. The molecule has 0 saturated carbocycles. The van der Waals surface area contributed by atoms with Crippen molar-refractivity contribution in [2.75, 3.05) is 0 Å². The Morgan fingerprint density at radius 3 is 2.79 bits per heavy atom. The molecule has 3 nitrogen and oxygen atoms in total. The fourth-order valence-corrected chi connectivity index (χ4v) is 5.48. The first-order valence-corrected chi connectivity index (χ1v) is 10.2. The standard InChI is InChI=1S/C18H17ClN2OS2/c1-21-17(22)15-13-4-2-3-5-14(13)24-16(15)20-18(21)23-10-11-6-8-12(19)9-7-11/h6-9H,2-5,10H2,1H3. The predicted octanol–water partition coefficient (Wildman–Crippen LogP) is 4.82. The van der Waals surface area contributed by atoms with Crippen LogP contribution in [0.5, 0.6) is 0 Å². The topological polar surface area (TPSA) is 34.9 Å². The van der Waals surface area contributed by atoms with Gasteiger partial charge in [-0.1, -0.05) is 35.5 Å². The summed E-state index contributed by atoms with van der Waals surface area (Å²) in [5, 5.41) is 2.37. The molecule has 6 heteroatoms. The monoisotopic (exact) mass is 376 g/mol. The van der Waals surface area contributed by atoms with Crippen LogP contribution >= 0.6 is 34.7 Å². The second kappa shape index (κ2) is 6.54. The van der Waals surface area contributed by atoms with E-state index in [1.807, 2.05) is 31.3 Å². The van der Waals surface area contributed by atoms with E-state index >= 15 is 0 Å². The van der Waals surface area contributed by atoms with E-state index in [9.17, 15) is 4.79 Å². The van der Waals surface area contributed by atoms with Crippen LogP contribution in [0.25, 0.3) is 10.2 Å². The Bertz CT molecular complexity index is 960. The van der Waals surface area contributed by atoms with E-state index < -0.39 is 0 Å². The lowest BCUT2D eigenvalue weighted by Gasteiger charge is -2.11. The van der Waals surface area contributed by atoms with Crippen molar-refractivity contribution in [2.45, 2.75) is 36.6 Å². The van der Waals surface area contributed by atoms with Crippen LogP contribution in [0.2, 0.25) is 5.02 Å². The average Bonchev–Trinajstić information content (AvgIpc) is 2.96. The molecule has 0 bridgehead atoms. The molecule has 0 fully saturated rings. The SMILES string of the molecule is Cn1c(SCc2ccc(Cl)cc2)nc2sc3c(c2c1=O)CCCC3. The molecule has 0 radical (unpaired) electrons. The molecule has 0 amide bonds. The summed E-state index contributed by atoms with van der Waals surface area (Å²) < 4.78 is 1.70. The van der Waals surface area contributed by atoms with Gasteiger partial charge in [0.05, 0.1) is 5.39 Å². The number of nitrogens with zero attached hydrogens (tertiary/aromatic N) is 2. The fourth-order valence-electron chi connectivity index (χ4n) is 3.12. The van der Waals surface area contributed by atoms with Crippen molar-refractivity contribution in [2.24, 2.45) is 7.05 Å². The van der Waals surface area contributed by atoms with E-state index in [0.29, 0.717) is 0 Å². The minimum absolute atomic E-state index is 0.0954. The normalized spacial score (nSPS) is 14.1. The molecule has 1 aliphatic rings. The minimum Gasteiger partial charge on any atom is -0.290 e. The first-order valence-electron chi connectivity index (χ1n) is 8.02. The van der Waals surface area contributed by atoms with E-state index in [0.717, 1.165) is 39.0 Å². The van der Waals surface area contributed by atoms with E-state index in [1.54, 1.807) is 27.7 Å². The molecule has 24 heavy (non-hydrogen) atoms. The predicted molar refractivity (Wildman–Crippen MR) is 103 cm³/mol. The van der Waals surface area contributed by atoms with Gasteiger partial charge < -0.3 is 0 Å². The fraction of sp³-hybridized carbons (Fsp3) is 0.333. The zero-order valence-electron chi connectivity index (χ0n) is 13.3. The summed E-state index contributed by atoms with van der Waals surface area (Å²) in [6.07, 6.45) is 4.50. The molecule has 0 spiro atoms. The number of hydrogen-bond donors (Lipinski definition) is 0. The third-order valence-corrected chi connectivity index (χ3v) is 6.98. The summed E-state index contributed by atoms with van der Waals surface area (Å²) in [5.41, 5.74) is 2.52. The molecule has 3 aromatic rings. The van der Waals surface area contributed by atoms with E-state index in [-0.39, 0.29) is 5.56 Å². The number of rotatable bonds is 3. The lowest BCUT2D eigenvalue weighted by Crippen LogP contribution is -2.20. The van der Waals surface area contributed by atoms with E-state index in [1.165, 1.54) is 28.8 Å². The van der Waals surface area contributed by atoms with Crippen LogP contribution in [0.4, 0.5) is 0 Å². The van der Waals surface area contributed by atoms with Crippen molar-refractivity contribution < 1.29 is 0 Å². The van der Waals surface area contributed by atoms with Gasteiger partial charge in [-0.05, 0) is 48.9 Å². The van der Waals surface area contributed by atoms with Crippen molar-refractivity contribution in [3.05, 3.63) is 55.6 Å². The van der Waals surface area contributed by atoms with Gasteiger partial charge in [-0.25, -0.2) is 4.98 Å². The summed E-state index contributed by atoms with van der Waals surface area (Å²) in [7, 11) is 1.83. The minimum atomic E-state index is 0.0954. The largest absolute Gasteiger partial charge is 0.290 e. The molecule has 2 heterocycles. The Morgan fingerprint density at radius 2 is 2.00 bits per heavy atom. The van der Waals surface area contributed by atoms with Crippen LogP contribution in [-0.2, 0) is 25.6 Å². The summed E-state index contributed by atoms with van der Waals surface area (Å²) in [6.45, 7) is 0. The lowest BCUT2D eigenvalue weighted by molar-refractivity contribution is 0.695. The highest BCUT2D eigenvalue weighted by Gasteiger charge is 2.21. The summed E-state index contributed by atoms with van der Waals surface area (Å²) >= 11 is 9.23. The highest BCUT2D eigenvalue weighted by molar-refractivity contribution is 7.98. The van der Waals surface area contributed by atoms with Crippen molar-refractivity contribution in [3.63, 3.8) is 0 Å². The van der Waals surface area contributed by atoms with Gasteiger partial charge in [-0.2, -0.15) is 0 Å². The maximum absolute atomic E-state index is 12.8. The van der Waals surface area contributed by atoms with Crippen molar-refractivity contribution in [3.8, 4) is 0 Å². The van der Waals surface area contributed by atoms with Gasteiger partial charge in [0.1, 0.15) is 4.83 Å². The maximum atomic E-state index is 12.8. The average molecular weight is 377 g/mol. The summed E-state index contributed by atoms with van der Waals surface area (Å²) in [5.74, 6) is 0.772. The van der Waals surface area contributed by atoms with Crippen LogP contribution in [-0.4, -0.2) is 9.55 Å². The second-order valence-corrected chi connectivity index (χ2v) is 8.53. The molecule has 0 aliphatic heterocycles. The zero-order valence-corrected chi connectivity index (χ0v) is 15.7. The van der Waals surface area contributed by atoms with Crippen LogP contribution in [0.1, 0.15) is 28.8 Å². The van der Waals surface area contributed by atoms with Gasteiger partial charge in [0, 0.05) is 22.7 Å². The Labute approximate surface area is 153 Å². The Hall–Kier alpha value is -1.30.